The number of carbonyl (C=O) groups is 1. The second kappa shape index (κ2) is 6.69. The summed E-state index contributed by atoms with van der Waals surface area (Å²) in [6, 6.07) is 5.98. The maximum atomic E-state index is 11.3. The molecule has 0 heterocycles. The highest BCUT2D eigenvalue weighted by Gasteiger charge is 2.06. The molecule has 88 valence electrons. The van der Waals surface area contributed by atoms with Crippen molar-refractivity contribution in [2.24, 2.45) is 0 Å². The Bertz CT molecular complexity index is 361. The fourth-order valence-corrected chi connectivity index (χ4v) is 1.79. The highest BCUT2D eigenvalue weighted by molar-refractivity contribution is 9.09. The van der Waals surface area contributed by atoms with Crippen molar-refractivity contribution in [1.82, 2.24) is 0 Å². The van der Waals surface area contributed by atoms with Crippen LogP contribution in [-0.2, 0) is 17.6 Å². The quantitative estimate of drug-likeness (QED) is 0.750. The number of halogens is 1. The highest BCUT2D eigenvalue weighted by atomic mass is 79.9. The maximum absolute atomic E-state index is 11.3. The molecular weight excluding hydrogens is 268 g/mol. The molecule has 0 fully saturated rings. The third-order valence-corrected chi connectivity index (χ3v) is 2.98. The molecule has 1 aromatic rings. The van der Waals surface area contributed by atoms with Gasteiger partial charge >= 0.3 is 0 Å². The zero-order chi connectivity index (χ0) is 12.0. The van der Waals surface area contributed by atoms with Gasteiger partial charge in [0.05, 0.1) is 11.9 Å². The lowest BCUT2D eigenvalue weighted by atomic mass is 10.0. The zero-order valence-electron chi connectivity index (χ0n) is 9.75. The van der Waals surface area contributed by atoms with E-state index >= 15 is 0 Å². The van der Waals surface area contributed by atoms with E-state index in [2.05, 4.69) is 28.9 Å². The number of ketones is 1. The fraction of sp³-hybridized carbons (Fsp3) is 0.462. The summed E-state index contributed by atoms with van der Waals surface area (Å²) in [5, 5.41) is 0.418. The van der Waals surface area contributed by atoms with Crippen LogP contribution in [0.25, 0.3) is 0 Å². The predicted molar refractivity (Wildman–Crippen MR) is 69.5 cm³/mol. The van der Waals surface area contributed by atoms with Crippen LogP contribution in [0.5, 0.6) is 5.75 Å². The Morgan fingerprint density at radius 3 is 2.69 bits per heavy atom. The molecule has 0 aromatic heterocycles. The summed E-state index contributed by atoms with van der Waals surface area (Å²) in [5.74, 6) is 1.13. The van der Waals surface area contributed by atoms with Gasteiger partial charge < -0.3 is 4.74 Å². The van der Waals surface area contributed by atoms with E-state index in [0.717, 1.165) is 17.7 Å². The summed E-state index contributed by atoms with van der Waals surface area (Å²) in [6.07, 6.45) is 1.41. The largest absolute Gasteiger partial charge is 0.494 e. The molecule has 2 nitrogen and oxygen atoms in total. The number of aryl methyl sites for hydroxylation is 1. The van der Waals surface area contributed by atoms with Crippen LogP contribution >= 0.6 is 15.9 Å². The summed E-state index contributed by atoms with van der Waals surface area (Å²) in [7, 11) is 0. The van der Waals surface area contributed by atoms with Crippen LogP contribution in [0.2, 0.25) is 0 Å². The number of hydrogen-bond donors (Lipinski definition) is 0. The third-order valence-electron chi connectivity index (χ3n) is 2.36. The molecule has 0 aliphatic rings. The van der Waals surface area contributed by atoms with Gasteiger partial charge in [-0.05, 0) is 30.5 Å². The Balaban J connectivity index is 2.86. The molecule has 1 aromatic carbocycles. The van der Waals surface area contributed by atoms with Crippen molar-refractivity contribution in [3.63, 3.8) is 0 Å². The van der Waals surface area contributed by atoms with Crippen molar-refractivity contribution < 1.29 is 9.53 Å². The minimum atomic E-state index is 0.200. The summed E-state index contributed by atoms with van der Waals surface area (Å²) in [5.41, 5.74) is 2.23. The molecule has 0 bridgehead atoms. The molecule has 0 aliphatic carbocycles. The Hall–Kier alpha value is -0.830. The van der Waals surface area contributed by atoms with Crippen molar-refractivity contribution in [3.8, 4) is 5.75 Å². The van der Waals surface area contributed by atoms with Crippen LogP contribution in [0.15, 0.2) is 18.2 Å². The van der Waals surface area contributed by atoms with Gasteiger partial charge in [-0.1, -0.05) is 35.0 Å². The molecule has 1 rings (SSSR count). The molecule has 0 amide bonds. The van der Waals surface area contributed by atoms with Crippen LogP contribution in [0.4, 0.5) is 0 Å². The molecule has 0 aliphatic heterocycles. The second-order valence-corrected chi connectivity index (χ2v) is 4.14. The fourth-order valence-electron chi connectivity index (χ4n) is 1.59. The monoisotopic (exact) mass is 284 g/mol. The number of carbonyl (C=O) groups excluding carboxylic acids is 1. The Labute approximate surface area is 105 Å². The summed E-state index contributed by atoms with van der Waals surface area (Å²) in [6.45, 7) is 4.74. The van der Waals surface area contributed by atoms with E-state index in [1.165, 1.54) is 5.56 Å². The molecule has 3 heteroatoms. The van der Waals surface area contributed by atoms with E-state index in [-0.39, 0.29) is 5.78 Å². The third kappa shape index (κ3) is 3.63. The smallest absolute Gasteiger partial charge is 0.147 e. The molecule has 0 spiro atoms. The Kier molecular flexibility index (Phi) is 5.53. The van der Waals surface area contributed by atoms with Crippen LogP contribution < -0.4 is 4.74 Å². The normalized spacial score (nSPS) is 10.2. The predicted octanol–water partition coefficient (Wildman–Crippen LogP) is 3.15. The van der Waals surface area contributed by atoms with E-state index < -0.39 is 0 Å². The van der Waals surface area contributed by atoms with Gasteiger partial charge in [-0.25, -0.2) is 0 Å². The van der Waals surface area contributed by atoms with Crippen LogP contribution in [0.3, 0.4) is 0 Å². The number of ether oxygens (including phenoxy) is 1. The molecule has 16 heavy (non-hydrogen) atoms. The van der Waals surface area contributed by atoms with E-state index in [1.807, 2.05) is 19.1 Å². The zero-order valence-corrected chi connectivity index (χ0v) is 11.3. The standard InChI is InChI=1S/C13H17BrO2/c1-3-11-7-10(8-12(15)9-14)5-6-13(11)16-4-2/h5-7H,3-4,8-9H2,1-2H3. The van der Waals surface area contributed by atoms with Crippen molar-refractivity contribution in [2.45, 2.75) is 26.7 Å². The van der Waals surface area contributed by atoms with Crippen LogP contribution in [0.1, 0.15) is 25.0 Å². The lowest BCUT2D eigenvalue weighted by molar-refractivity contribution is -0.115. The average Bonchev–Trinajstić information content (AvgIpc) is 2.31. The lowest BCUT2D eigenvalue weighted by Crippen LogP contribution is -2.04. The van der Waals surface area contributed by atoms with Crippen molar-refractivity contribution in [1.29, 1.82) is 0 Å². The Morgan fingerprint density at radius 2 is 2.12 bits per heavy atom. The first-order chi connectivity index (χ1) is 7.71. The Morgan fingerprint density at radius 1 is 1.38 bits per heavy atom. The minimum Gasteiger partial charge on any atom is -0.494 e. The average molecular weight is 285 g/mol. The molecular formula is C13H17BrO2. The summed E-state index contributed by atoms with van der Waals surface area (Å²) in [4.78, 5) is 11.3. The van der Waals surface area contributed by atoms with Gasteiger partial charge in [0.2, 0.25) is 0 Å². The van der Waals surface area contributed by atoms with Crippen molar-refractivity contribution in [3.05, 3.63) is 29.3 Å². The topological polar surface area (TPSA) is 26.3 Å². The minimum absolute atomic E-state index is 0.200. The first-order valence-electron chi connectivity index (χ1n) is 5.53. The van der Waals surface area contributed by atoms with Crippen molar-refractivity contribution >= 4 is 21.7 Å². The number of rotatable bonds is 6. The highest BCUT2D eigenvalue weighted by Crippen LogP contribution is 2.21. The number of alkyl halides is 1. The first-order valence-corrected chi connectivity index (χ1v) is 6.65. The van der Waals surface area contributed by atoms with Gasteiger partial charge in [-0.2, -0.15) is 0 Å². The SMILES string of the molecule is CCOc1ccc(CC(=O)CBr)cc1CC. The van der Waals surface area contributed by atoms with E-state index in [0.29, 0.717) is 18.4 Å². The van der Waals surface area contributed by atoms with Gasteiger partial charge in [-0.3, -0.25) is 4.79 Å². The molecule has 0 radical (unpaired) electrons. The van der Waals surface area contributed by atoms with Crippen LogP contribution in [-0.4, -0.2) is 17.7 Å². The van der Waals surface area contributed by atoms with Gasteiger partial charge in [-0.15, -0.1) is 0 Å². The van der Waals surface area contributed by atoms with Gasteiger partial charge in [0.1, 0.15) is 11.5 Å². The van der Waals surface area contributed by atoms with Gasteiger partial charge in [0.15, 0.2) is 0 Å². The molecule has 0 N–H and O–H groups in total. The van der Waals surface area contributed by atoms with E-state index in [4.69, 9.17) is 4.74 Å². The second-order valence-electron chi connectivity index (χ2n) is 3.58. The summed E-state index contributed by atoms with van der Waals surface area (Å²) >= 11 is 3.17. The molecule has 0 saturated heterocycles. The van der Waals surface area contributed by atoms with E-state index in [1.54, 1.807) is 0 Å². The lowest BCUT2D eigenvalue weighted by Gasteiger charge is -2.10. The van der Waals surface area contributed by atoms with Gasteiger partial charge in [0, 0.05) is 6.42 Å². The van der Waals surface area contributed by atoms with Crippen molar-refractivity contribution in [2.75, 3.05) is 11.9 Å². The molecule has 0 unspecified atom stereocenters. The number of hydrogen-bond acceptors (Lipinski definition) is 2. The van der Waals surface area contributed by atoms with E-state index in [9.17, 15) is 4.79 Å². The number of Topliss-reactive ketones (excluding diaryl/α,β-unsaturated/α-hetero) is 1. The van der Waals surface area contributed by atoms with Crippen LogP contribution in [0, 0.1) is 0 Å². The maximum Gasteiger partial charge on any atom is 0.147 e. The first kappa shape index (κ1) is 13.2. The molecule has 0 atom stereocenters. The molecule has 0 saturated carbocycles. The summed E-state index contributed by atoms with van der Waals surface area (Å²) < 4.78 is 5.52. The van der Waals surface area contributed by atoms with Gasteiger partial charge in [0.25, 0.3) is 0 Å². The number of benzene rings is 1.